The van der Waals surface area contributed by atoms with Crippen LogP contribution in [-0.4, -0.2) is 38.1 Å². The maximum Gasteiger partial charge on any atom is 0.318 e. The standard InChI is InChI=1S/C18H22N6O2/c1-10-4-7-13-14(8-10)21-16(20-13)11(2)19-18(25)24(3)9-15-22-17(23-26-15)12-5-6-12/h4,7-8,11-12H,5-6,9H2,1-3H3,(H,19,25)(H,20,21)/t11-/m0/s1. The molecule has 0 radical (unpaired) electrons. The van der Waals surface area contributed by atoms with Crippen LogP contribution in [0.1, 0.15) is 54.8 Å². The number of nitrogens with zero attached hydrogens (tertiary/aromatic N) is 4. The van der Waals surface area contributed by atoms with Gasteiger partial charge in [0, 0.05) is 13.0 Å². The fourth-order valence-corrected chi connectivity index (χ4v) is 2.83. The number of aryl methyl sites for hydroxylation is 1. The minimum absolute atomic E-state index is 0.222. The molecule has 0 bridgehead atoms. The number of H-pyrrole nitrogens is 1. The number of nitrogens with one attached hydrogen (secondary N) is 2. The van der Waals surface area contributed by atoms with Gasteiger partial charge in [-0.05, 0) is 44.4 Å². The first-order valence-electron chi connectivity index (χ1n) is 8.80. The fraction of sp³-hybridized carbons (Fsp3) is 0.444. The molecule has 2 aromatic heterocycles. The Balaban J connectivity index is 1.38. The zero-order valence-corrected chi connectivity index (χ0v) is 15.1. The van der Waals surface area contributed by atoms with Crippen LogP contribution in [0, 0.1) is 6.92 Å². The summed E-state index contributed by atoms with van der Waals surface area (Å²) in [4.78, 5) is 26.1. The lowest BCUT2D eigenvalue weighted by atomic mass is 10.2. The third-order valence-electron chi connectivity index (χ3n) is 4.55. The fourth-order valence-electron chi connectivity index (χ4n) is 2.83. The molecule has 2 heterocycles. The molecule has 26 heavy (non-hydrogen) atoms. The largest absolute Gasteiger partial charge is 0.340 e. The summed E-state index contributed by atoms with van der Waals surface area (Å²) in [5.41, 5.74) is 3.01. The van der Waals surface area contributed by atoms with Crippen molar-refractivity contribution >= 4 is 17.1 Å². The van der Waals surface area contributed by atoms with Crippen LogP contribution in [-0.2, 0) is 6.54 Å². The van der Waals surface area contributed by atoms with Crippen LogP contribution < -0.4 is 5.32 Å². The van der Waals surface area contributed by atoms with Crippen molar-refractivity contribution in [2.24, 2.45) is 0 Å². The number of carbonyl (C=O) groups is 1. The summed E-state index contributed by atoms with van der Waals surface area (Å²) in [7, 11) is 1.70. The molecule has 3 aromatic rings. The van der Waals surface area contributed by atoms with E-state index in [0.29, 0.717) is 11.8 Å². The van der Waals surface area contributed by atoms with Crippen LogP contribution in [0.2, 0.25) is 0 Å². The van der Waals surface area contributed by atoms with Gasteiger partial charge in [-0.3, -0.25) is 0 Å². The number of imidazole rings is 1. The zero-order valence-electron chi connectivity index (χ0n) is 15.1. The average molecular weight is 354 g/mol. The first-order valence-corrected chi connectivity index (χ1v) is 8.80. The topological polar surface area (TPSA) is 99.9 Å². The molecular formula is C18H22N6O2. The molecule has 1 aliphatic carbocycles. The summed E-state index contributed by atoms with van der Waals surface area (Å²) in [5, 5.41) is 6.91. The van der Waals surface area contributed by atoms with E-state index in [1.165, 1.54) is 4.90 Å². The molecule has 1 aliphatic rings. The SMILES string of the molecule is Cc1ccc2nc([C@H](C)NC(=O)N(C)Cc3nc(C4CC4)no3)[nH]c2c1. The quantitative estimate of drug-likeness (QED) is 0.733. The third-order valence-corrected chi connectivity index (χ3v) is 4.55. The number of aromatic amines is 1. The van der Waals surface area contributed by atoms with Gasteiger partial charge >= 0.3 is 6.03 Å². The molecule has 8 nitrogen and oxygen atoms in total. The average Bonchev–Trinajstić information content (AvgIpc) is 3.20. The van der Waals surface area contributed by atoms with Crippen molar-refractivity contribution in [2.75, 3.05) is 7.05 Å². The molecular weight excluding hydrogens is 332 g/mol. The molecule has 136 valence electrons. The molecule has 8 heteroatoms. The zero-order chi connectivity index (χ0) is 18.3. The van der Waals surface area contributed by atoms with Crippen molar-refractivity contribution in [3.63, 3.8) is 0 Å². The van der Waals surface area contributed by atoms with Crippen molar-refractivity contribution in [2.45, 2.75) is 45.2 Å². The molecule has 1 aromatic carbocycles. The highest BCUT2D eigenvalue weighted by Gasteiger charge is 2.29. The maximum atomic E-state index is 12.4. The van der Waals surface area contributed by atoms with Crippen molar-refractivity contribution < 1.29 is 9.32 Å². The Bertz CT molecular complexity index is 942. The lowest BCUT2D eigenvalue weighted by molar-refractivity contribution is 0.196. The minimum atomic E-state index is -0.248. The first-order chi connectivity index (χ1) is 12.5. The van der Waals surface area contributed by atoms with Crippen molar-refractivity contribution in [3.05, 3.63) is 41.3 Å². The Morgan fingerprint density at radius 3 is 3.00 bits per heavy atom. The van der Waals surface area contributed by atoms with Gasteiger partial charge in [-0.25, -0.2) is 9.78 Å². The second-order valence-electron chi connectivity index (χ2n) is 6.99. The van der Waals surface area contributed by atoms with Gasteiger partial charge in [0.25, 0.3) is 0 Å². The van der Waals surface area contributed by atoms with Crippen LogP contribution in [0.3, 0.4) is 0 Å². The van der Waals surface area contributed by atoms with Gasteiger partial charge in [-0.2, -0.15) is 4.98 Å². The molecule has 0 saturated heterocycles. The predicted molar refractivity (Wildman–Crippen MR) is 95.5 cm³/mol. The summed E-state index contributed by atoms with van der Waals surface area (Å²) in [6.07, 6.45) is 2.23. The highest BCUT2D eigenvalue weighted by atomic mass is 16.5. The molecule has 1 saturated carbocycles. The smallest absolute Gasteiger partial charge is 0.318 e. The predicted octanol–water partition coefficient (Wildman–Crippen LogP) is 3.03. The second-order valence-corrected chi connectivity index (χ2v) is 6.99. The van der Waals surface area contributed by atoms with E-state index in [2.05, 4.69) is 25.4 Å². The number of carbonyl (C=O) groups excluding carboxylic acids is 1. The highest BCUT2D eigenvalue weighted by molar-refractivity contribution is 5.77. The van der Waals surface area contributed by atoms with Gasteiger partial charge in [-0.15, -0.1) is 0 Å². The van der Waals surface area contributed by atoms with Gasteiger partial charge in [0.15, 0.2) is 5.82 Å². The van der Waals surface area contributed by atoms with E-state index in [4.69, 9.17) is 4.52 Å². The summed E-state index contributed by atoms with van der Waals surface area (Å²) in [6.45, 7) is 4.21. The summed E-state index contributed by atoms with van der Waals surface area (Å²) in [5.74, 6) is 2.36. The molecule has 0 aliphatic heterocycles. The van der Waals surface area contributed by atoms with Gasteiger partial charge in [0.05, 0.1) is 17.1 Å². The molecule has 1 atom stereocenters. The van der Waals surface area contributed by atoms with Crippen LogP contribution in [0.5, 0.6) is 0 Å². The number of fused-ring (bicyclic) bond motifs is 1. The molecule has 2 N–H and O–H groups in total. The normalized spacial score (nSPS) is 15.2. The van der Waals surface area contributed by atoms with E-state index >= 15 is 0 Å². The van der Waals surface area contributed by atoms with E-state index in [1.54, 1.807) is 7.05 Å². The van der Waals surface area contributed by atoms with E-state index in [9.17, 15) is 4.79 Å². The number of rotatable bonds is 5. The van der Waals surface area contributed by atoms with Crippen molar-refractivity contribution in [1.29, 1.82) is 0 Å². The molecule has 1 fully saturated rings. The minimum Gasteiger partial charge on any atom is -0.340 e. The van der Waals surface area contributed by atoms with Crippen LogP contribution in [0.25, 0.3) is 11.0 Å². The highest BCUT2D eigenvalue weighted by Crippen LogP contribution is 2.38. The van der Waals surface area contributed by atoms with Gasteiger partial charge in [0.2, 0.25) is 5.89 Å². The Kier molecular flexibility index (Phi) is 4.10. The number of hydrogen-bond acceptors (Lipinski definition) is 5. The van der Waals surface area contributed by atoms with E-state index in [1.807, 2.05) is 32.0 Å². The lowest BCUT2D eigenvalue weighted by Gasteiger charge is -2.18. The van der Waals surface area contributed by atoms with Crippen LogP contribution in [0.15, 0.2) is 22.7 Å². The van der Waals surface area contributed by atoms with Gasteiger partial charge in [-0.1, -0.05) is 11.2 Å². The Labute approximate surface area is 151 Å². The van der Waals surface area contributed by atoms with Crippen LogP contribution in [0.4, 0.5) is 4.79 Å². The number of aromatic nitrogens is 4. The van der Waals surface area contributed by atoms with E-state index in [0.717, 1.165) is 41.1 Å². The molecule has 0 unspecified atom stereocenters. The van der Waals surface area contributed by atoms with Gasteiger partial charge < -0.3 is 19.7 Å². The maximum absolute atomic E-state index is 12.4. The van der Waals surface area contributed by atoms with Crippen molar-refractivity contribution in [3.8, 4) is 0 Å². The lowest BCUT2D eigenvalue weighted by Crippen LogP contribution is -2.38. The summed E-state index contributed by atoms with van der Waals surface area (Å²) >= 11 is 0. The van der Waals surface area contributed by atoms with E-state index in [-0.39, 0.29) is 18.6 Å². The van der Waals surface area contributed by atoms with Crippen LogP contribution >= 0.6 is 0 Å². The second kappa shape index (κ2) is 6.44. The monoisotopic (exact) mass is 354 g/mol. The van der Waals surface area contributed by atoms with E-state index < -0.39 is 0 Å². The first kappa shape index (κ1) is 16.6. The molecule has 2 amide bonds. The van der Waals surface area contributed by atoms with Gasteiger partial charge in [0.1, 0.15) is 12.4 Å². The summed E-state index contributed by atoms with van der Waals surface area (Å²) < 4.78 is 5.23. The van der Waals surface area contributed by atoms with Crippen molar-refractivity contribution in [1.82, 2.24) is 30.3 Å². The number of urea groups is 1. The number of benzene rings is 1. The number of hydrogen-bond donors (Lipinski definition) is 2. The number of amides is 2. The Morgan fingerprint density at radius 2 is 2.23 bits per heavy atom. The Morgan fingerprint density at radius 1 is 1.42 bits per heavy atom. The molecule has 4 rings (SSSR count). The molecule has 0 spiro atoms. The Hall–Kier alpha value is -2.90. The third kappa shape index (κ3) is 3.40. The summed E-state index contributed by atoms with van der Waals surface area (Å²) in [6, 6.07) is 5.56.